The van der Waals surface area contributed by atoms with E-state index in [4.69, 9.17) is 14.2 Å². The first-order valence-corrected chi connectivity index (χ1v) is 9.40. The van der Waals surface area contributed by atoms with Crippen LogP contribution < -0.4 is 9.47 Å². The molecule has 0 unspecified atom stereocenters. The van der Waals surface area contributed by atoms with Crippen LogP contribution in [0.15, 0.2) is 42.5 Å². The number of methoxy groups -OCH3 is 1. The summed E-state index contributed by atoms with van der Waals surface area (Å²) in [5.41, 5.74) is 3.64. The maximum Gasteiger partial charge on any atom is 0.164 e. The Balaban J connectivity index is 1.63. The van der Waals surface area contributed by atoms with E-state index in [2.05, 4.69) is 42.2 Å². The van der Waals surface area contributed by atoms with Crippen molar-refractivity contribution in [1.82, 2.24) is 4.90 Å². The van der Waals surface area contributed by atoms with Crippen LogP contribution in [0.5, 0.6) is 11.5 Å². The average molecular weight is 355 g/mol. The minimum atomic E-state index is 0.554. The lowest BCUT2D eigenvalue weighted by atomic mass is 10.1. The van der Waals surface area contributed by atoms with Crippen molar-refractivity contribution in [3.8, 4) is 11.5 Å². The maximum atomic E-state index is 6.18. The first-order chi connectivity index (χ1) is 12.8. The quantitative estimate of drug-likeness (QED) is 0.720. The number of benzene rings is 2. The monoisotopic (exact) mass is 355 g/mol. The summed E-state index contributed by atoms with van der Waals surface area (Å²) in [5.74, 6) is 1.68. The molecule has 0 N–H and O–H groups in total. The molecule has 0 aliphatic carbocycles. The molecule has 2 aromatic rings. The van der Waals surface area contributed by atoms with Gasteiger partial charge in [0, 0.05) is 13.1 Å². The van der Waals surface area contributed by atoms with Gasteiger partial charge in [-0.15, -0.1) is 0 Å². The first kappa shape index (κ1) is 18.7. The predicted octanol–water partition coefficient (Wildman–Crippen LogP) is 3.85. The van der Waals surface area contributed by atoms with Crippen LogP contribution >= 0.6 is 0 Å². The summed E-state index contributed by atoms with van der Waals surface area (Å²) < 4.78 is 17.1. The average Bonchev–Trinajstić information content (AvgIpc) is 2.67. The molecule has 2 aromatic carbocycles. The molecule has 4 nitrogen and oxygen atoms in total. The van der Waals surface area contributed by atoms with Crippen LogP contribution in [0.2, 0.25) is 0 Å². The van der Waals surface area contributed by atoms with Gasteiger partial charge in [-0.2, -0.15) is 0 Å². The van der Waals surface area contributed by atoms with E-state index in [0.29, 0.717) is 6.61 Å². The molecular formula is C22H29NO3. The lowest BCUT2D eigenvalue weighted by molar-refractivity contribution is 0.0374. The summed E-state index contributed by atoms with van der Waals surface area (Å²) in [6.45, 7) is 7.53. The zero-order chi connectivity index (χ0) is 18.2. The number of para-hydroxylation sites is 1. The largest absolute Gasteiger partial charge is 0.493 e. The van der Waals surface area contributed by atoms with Gasteiger partial charge in [-0.25, -0.2) is 0 Å². The number of hydrogen-bond acceptors (Lipinski definition) is 4. The Hall–Kier alpha value is -2.04. The third-order valence-electron chi connectivity index (χ3n) is 4.77. The van der Waals surface area contributed by atoms with Crippen molar-refractivity contribution < 1.29 is 14.2 Å². The van der Waals surface area contributed by atoms with Crippen molar-refractivity contribution in [2.24, 2.45) is 0 Å². The zero-order valence-corrected chi connectivity index (χ0v) is 15.9. The number of ether oxygens (including phenoxy) is 3. The standard InChI is InChI=1S/C22H29NO3/c1-18-6-3-7-19(16-18)17-26-22-20(8-4-10-21(22)24-2)9-5-11-23-12-14-25-15-13-23/h3-4,6-8,10,16H,5,9,11-15,17H2,1-2H3. The highest BCUT2D eigenvalue weighted by atomic mass is 16.5. The Morgan fingerprint density at radius 3 is 2.65 bits per heavy atom. The lowest BCUT2D eigenvalue weighted by Crippen LogP contribution is -2.36. The van der Waals surface area contributed by atoms with Crippen molar-refractivity contribution in [2.75, 3.05) is 40.0 Å². The van der Waals surface area contributed by atoms with Gasteiger partial charge in [0.1, 0.15) is 6.61 Å². The van der Waals surface area contributed by atoms with Gasteiger partial charge in [0.15, 0.2) is 11.5 Å². The summed E-state index contributed by atoms with van der Waals surface area (Å²) >= 11 is 0. The van der Waals surface area contributed by atoms with E-state index in [9.17, 15) is 0 Å². The Kier molecular flexibility index (Phi) is 6.92. The van der Waals surface area contributed by atoms with Crippen molar-refractivity contribution >= 4 is 0 Å². The molecule has 1 fully saturated rings. The molecule has 0 amide bonds. The second kappa shape index (κ2) is 9.60. The molecule has 140 valence electrons. The number of aryl methyl sites for hydroxylation is 2. The molecule has 1 aliphatic heterocycles. The van der Waals surface area contributed by atoms with Crippen LogP contribution in [-0.4, -0.2) is 44.9 Å². The van der Waals surface area contributed by atoms with Gasteiger partial charge in [-0.05, 0) is 43.5 Å². The minimum absolute atomic E-state index is 0.554. The second-order valence-electron chi connectivity index (χ2n) is 6.78. The number of rotatable bonds is 8. The van der Waals surface area contributed by atoms with Crippen LogP contribution in [0.1, 0.15) is 23.1 Å². The lowest BCUT2D eigenvalue weighted by Gasteiger charge is -2.26. The van der Waals surface area contributed by atoms with Gasteiger partial charge >= 0.3 is 0 Å². The molecule has 0 aromatic heterocycles. The van der Waals surface area contributed by atoms with Crippen LogP contribution in [-0.2, 0) is 17.8 Å². The Labute approximate surface area is 156 Å². The van der Waals surface area contributed by atoms with Crippen molar-refractivity contribution in [2.45, 2.75) is 26.4 Å². The van der Waals surface area contributed by atoms with Crippen molar-refractivity contribution in [1.29, 1.82) is 0 Å². The van der Waals surface area contributed by atoms with E-state index < -0.39 is 0 Å². The molecule has 4 heteroatoms. The van der Waals surface area contributed by atoms with Crippen LogP contribution in [0.4, 0.5) is 0 Å². The molecule has 0 radical (unpaired) electrons. The summed E-state index contributed by atoms with van der Waals surface area (Å²) in [6.07, 6.45) is 2.09. The SMILES string of the molecule is COc1cccc(CCCN2CCOCC2)c1OCc1cccc(C)c1. The van der Waals surface area contributed by atoms with Crippen molar-refractivity contribution in [3.63, 3.8) is 0 Å². The minimum Gasteiger partial charge on any atom is -0.493 e. The van der Waals surface area contributed by atoms with Gasteiger partial charge in [0.25, 0.3) is 0 Å². The zero-order valence-electron chi connectivity index (χ0n) is 15.9. The molecule has 1 saturated heterocycles. The highest BCUT2D eigenvalue weighted by Gasteiger charge is 2.13. The van der Waals surface area contributed by atoms with Crippen LogP contribution in [0.3, 0.4) is 0 Å². The maximum absolute atomic E-state index is 6.18. The number of morpholine rings is 1. The normalized spacial score (nSPS) is 15.0. The van der Waals surface area contributed by atoms with Gasteiger partial charge < -0.3 is 14.2 Å². The molecule has 26 heavy (non-hydrogen) atoms. The molecule has 0 spiro atoms. The van der Waals surface area contributed by atoms with E-state index in [-0.39, 0.29) is 0 Å². The smallest absolute Gasteiger partial charge is 0.164 e. The summed E-state index contributed by atoms with van der Waals surface area (Å²) in [6, 6.07) is 14.6. The molecule has 0 atom stereocenters. The second-order valence-corrected chi connectivity index (χ2v) is 6.78. The van der Waals surface area contributed by atoms with E-state index in [1.54, 1.807) is 7.11 Å². The fourth-order valence-electron chi connectivity index (χ4n) is 3.36. The third-order valence-corrected chi connectivity index (χ3v) is 4.77. The van der Waals surface area contributed by atoms with Crippen LogP contribution in [0, 0.1) is 6.92 Å². The fourth-order valence-corrected chi connectivity index (χ4v) is 3.36. The molecule has 3 rings (SSSR count). The molecule has 1 aliphatic rings. The highest BCUT2D eigenvalue weighted by Crippen LogP contribution is 2.32. The first-order valence-electron chi connectivity index (χ1n) is 9.40. The molecule has 0 saturated carbocycles. The highest BCUT2D eigenvalue weighted by molar-refractivity contribution is 5.47. The summed E-state index contributed by atoms with van der Waals surface area (Å²) in [4.78, 5) is 2.47. The van der Waals surface area contributed by atoms with Gasteiger partial charge in [0.2, 0.25) is 0 Å². The number of nitrogens with zero attached hydrogens (tertiary/aromatic N) is 1. The van der Waals surface area contributed by atoms with E-state index in [1.165, 1.54) is 16.7 Å². The Morgan fingerprint density at radius 2 is 1.88 bits per heavy atom. The Morgan fingerprint density at radius 1 is 1.08 bits per heavy atom. The predicted molar refractivity (Wildman–Crippen MR) is 104 cm³/mol. The van der Waals surface area contributed by atoms with E-state index >= 15 is 0 Å². The van der Waals surface area contributed by atoms with Gasteiger partial charge in [0.05, 0.1) is 20.3 Å². The van der Waals surface area contributed by atoms with E-state index in [1.807, 2.05) is 12.1 Å². The van der Waals surface area contributed by atoms with Crippen LogP contribution in [0.25, 0.3) is 0 Å². The third kappa shape index (κ3) is 5.23. The van der Waals surface area contributed by atoms with Gasteiger partial charge in [-0.1, -0.05) is 42.0 Å². The van der Waals surface area contributed by atoms with Gasteiger partial charge in [-0.3, -0.25) is 4.90 Å². The summed E-state index contributed by atoms with van der Waals surface area (Å²) in [5, 5.41) is 0. The number of hydrogen-bond donors (Lipinski definition) is 0. The van der Waals surface area contributed by atoms with Crippen molar-refractivity contribution in [3.05, 3.63) is 59.2 Å². The summed E-state index contributed by atoms with van der Waals surface area (Å²) in [7, 11) is 1.70. The van der Waals surface area contributed by atoms with E-state index in [0.717, 1.165) is 57.2 Å². The Bertz CT molecular complexity index is 696. The molecule has 0 bridgehead atoms. The fraction of sp³-hybridized carbons (Fsp3) is 0.455. The molecular weight excluding hydrogens is 326 g/mol. The topological polar surface area (TPSA) is 30.9 Å². The molecule has 1 heterocycles.